The predicted octanol–water partition coefficient (Wildman–Crippen LogP) is 2.50. The molecule has 1 aromatic heterocycles. The smallest absolute Gasteiger partial charge is 0.165 e. The van der Waals surface area contributed by atoms with E-state index in [0.29, 0.717) is 5.82 Å². The summed E-state index contributed by atoms with van der Waals surface area (Å²) in [6, 6.07) is 1.76. The van der Waals surface area contributed by atoms with Crippen molar-refractivity contribution in [2.24, 2.45) is 0 Å². The summed E-state index contributed by atoms with van der Waals surface area (Å²) >= 11 is 0. The highest BCUT2D eigenvalue weighted by molar-refractivity contribution is 5.38. The van der Waals surface area contributed by atoms with E-state index >= 15 is 0 Å². The Kier molecular flexibility index (Phi) is 3.94. The van der Waals surface area contributed by atoms with Crippen LogP contribution in [0.25, 0.3) is 0 Å². The van der Waals surface area contributed by atoms with Gasteiger partial charge in [-0.05, 0) is 43.7 Å². The van der Waals surface area contributed by atoms with Crippen molar-refractivity contribution in [3.05, 3.63) is 23.6 Å². The molecule has 2 N–H and O–H groups in total. The highest BCUT2D eigenvalue weighted by Crippen LogP contribution is 2.22. The lowest BCUT2D eigenvalue weighted by atomic mass is 9.93. The van der Waals surface area contributed by atoms with Gasteiger partial charge in [0.15, 0.2) is 11.6 Å². The predicted molar refractivity (Wildman–Crippen MR) is 65.5 cm³/mol. The van der Waals surface area contributed by atoms with Gasteiger partial charge >= 0.3 is 0 Å². The van der Waals surface area contributed by atoms with Gasteiger partial charge in [0.05, 0.1) is 6.10 Å². The summed E-state index contributed by atoms with van der Waals surface area (Å²) in [5, 5.41) is 12.5. The number of aryl methyl sites for hydroxylation is 1. The first-order valence-corrected chi connectivity index (χ1v) is 6.28. The summed E-state index contributed by atoms with van der Waals surface area (Å²) in [7, 11) is 0. The molecule has 1 aliphatic carbocycles. The molecule has 1 heterocycles. The fourth-order valence-electron chi connectivity index (χ4n) is 2.19. The zero-order chi connectivity index (χ0) is 12.3. The molecule has 4 heteroatoms. The summed E-state index contributed by atoms with van der Waals surface area (Å²) in [4.78, 5) is 4.11. The van der Waals surface area contributed by atoms with Crippen molar-refractivity contribution in [2.75, 3.05) is 5.32 Å². The molecule has 3 nitrogen and oxygen atoms in total. The molecule has 0 aliphatic heterocycles. The molecule has 1 aromatic rings. The van der Waals surface area contributed by atoms with Crippen molar-refractivity contribution in [2.45, 2.75) is 51.2 Å². The van der Waals surface area contributed by atoms with Crippen LogP contribution in [0.5, 0.6) is 0 Å². The van der Waals surface area contributed by atoms with Crippen molar-refractivity contribution < 1.29 is 9.50 Å². The minimum absolute atomic E-state index is 0.187. The molecule has 2 rings (SSSR count). The fraction of sp³-hybridized carbons (Fsp3) is 0.615. The molecule has 0 saturated heterocycles. The Balaban J connectivity index is 1.99. The van der Waals surface area contributed by atoms with Crippen molar-refractivity contribution >= 4 is 5.82 Å². The number of hydrogen-bond acceptors (Lipinski definition) is 3. The van der Waals surface area contributed by atoms with E-state index in [9.17, 15) is 9.50 Å². The molecule has 1 saturated carbocycles. The maximum absolute atomic E-state index is 13.7. The molecular weight excluding hydrogens is 219 g/mol. The lowest BCUT2D eigenvalue weighted by molar-refractivity contribution is 0.126. The molecule has 1 aliphatic rings. The average molecular weight is 238 g/mol. The molecule has 1 fully saturated rings. The average Bonchev–Trinajstić information content (AvgIpc) is 2.34. The zero-order valence-corrected chi connectivity index (χ0v) is 10.1. The van der Waals surface area contributed by atoms with Gasteiger partial charge in [-0.15, -0.1) is 0 Å². The highest BCUT2D eigenvalue weighted by Gasteiger charge is 2.20. The third kappa shape index (κ3) is 3.16. The van der Waals surface area contributed by atoms with Gasteiger partial charge in [0.2, 0.25) is 0 Å². The lowest BCUT2D eigenvalue weighted by Crippen LogP contribution is -2.28. The normalized spacial score (nSPS) is 24.6. The van der Waals surface area contributed by atoms with Crippen LogP contribution < -0.4 is 5.32 Å². The summed E-state index contributed by atoms with van der Waals surface area (Å²) < 4.78 is 13.7. The van der Waals surface area contributed by atoms with Crippen molar-refractivity contribution in [3.8, 4) is 0 Å². The molecule has 0 unspecified atom stereocenters. The molecule has 94 valence electrons. The van der Waals surface area contributed by atoms with Crippen LogP contribution in [-0.2, 0) is 6.42 Å². The van der Waals surface area contributed by atoms with Crippen LogP contribution in [0.4, 0.5) is 10.2 Å². The van der Waals surface area contributed by atoms with Gasteiger partial charge in [0, 0.05) is 12.2 Å². The van der Waals surface area contributed by atoms with Crippen LogP contribution in [0, 0.1) is 5.82 Å². The monoisotopic (exact) mass is 238 g/mol. The molecule has 0 radical (unpaired) electrons. The van der Waals surface area contributed by atoms with E-state index in [0.717, 1.165) is 37.7 Å². The maximum atomic E-state index is 13.7. The van der Waals surface area contributed by atoms with Crippen LogP contribution in [0.3, 0.4) is 0 Å². The first kappa shape index (κ1) is 12.3. The van der Waals surface area contributed by atoms with E-state index in [-0.39, 0.29) is 18.0 Å². The second-order valence-corrected chi connectivity index (χ2v) is 4.68. The van der Waals surface area contributed by atoms with E-state index < -0.39 is 0 Å². The summed E-state index contributed by atoms with van der Waals surface area (Å²) in [6.07, 6.45) is 5.63. The van der Waals surface area contributed by atoms with Crippen LogP contribution in [-0.4, -0.2) is 22.2 Å². The minimum Gasteiger partial charge on any atom is -0.393 e. The van der Waals surface area contributed by atoms with Gasteiger partial charge in [-0.25, -0.2) is 9.37 Å². The number of rotatable bonds is 3. The van der Waals surface area contributed by atoms with Gasteiger partial charge in [-0.2, -0.15) is 0 Å². The summed E-state index contributed by atoms with van der Waals surface area (Å²) in [5.41, 5.74) is 0.909. The Labute approximate surface area is 101 Å². The summed E-state index contributed by atoms with van der Waals surface area (Å²) in [5.74, 6) is 0.0547. The Morgan fingerprint density at radius 1 is 1.41 bits per heavy atom. The quantitative estimate of drug-likeness (QED) is 0.850. The number of hydrogen-bond donors (Lipinski definition) is 2. The summed E-state index contributed by atoms with van der Waals surface area (Å²) in [6.45, 7) is 1.98. The van der Waals surface area contributed by atoms with E-state index in [1.54, 1.807) is 6.20 Å². The van der Waals surface area contributed by atoms with Crippen LogP contribution >= 0.6 is 0 Å². The van der Waals surface area contributed by atoms with Gasteiger partial charge in [0.25, 0.3) is 0 Å². The van der Waals surface area contributed by atoms with Gasteiger partial charge in [0.1, 0.15) is 0 Å². The number of anilines is 1. The van der Waals surface area contributed by atoms with Gasteiger partial charge in [-0.3, -0.25) is 0 Å². The molecule has 0 aromatic carbocycles. The Bertz CT molecular complexity index is 376. The van der Waals surface area contributed by atoms with Crippen LogP contribution in [0.15, 0.2) is 12.3 Å². The second-order valence-electron chi connectivity index (χ2n) is 4.68. The first-order chi connectivity index (χ1) is 8.19. The van der Waals surface area contributed by atoms with Crippen LogP contribution in [0.1, 0.15) is 38.2 Å². The largest absolute Gasteiger partial charge is 0.393 e. The third-order valence-electron chi connectivity index (χ3n) is 3.34. The Morgan fingerprint density at radius 2 is 2.12 bits per heavy atom. The topological polar surface area (TPSA) is 45.2 Å². The Hall–Kier alpha value is -1.16. The molecule has 0 amide bonds. The van der Waals surface area contributed by atoms with E-state index in [1.165, 1.54) is 6.07 Å². The lowest BCUT2D eigenvalue weighted by Gasteiger charge is -2.26. The van der Waals surface area contributed by atoms with Crippen molar-refractivity contribution in [3.63, 3.8) is 0 Å². The zero-order valence-electron chi connectivity index (χ0n) is 10.1. The standard InChI is InChI=1S/C13H19FN2O/c1-2-9-7-12(14)13(15-8-9)16-10-3-5-11(17)6-4-10/h7-8,10-11,17H,2-6H2,1H3,(H,15,16). The number of nitrogens with one attached hydrogen (secondary N) is 1. The van der Waals surface area contributed by atoms with Crippen molar-refractivity contribution in [1.82, 2.24) is 4.98 Å². The Morgan fingerprint density at radius 3 is 2.71 bits per heavy atom. The first-order valence-electron chi connectivity index (χ1n) is 6.28. The molecule has 0 spiro atoms. The SMILES string of the molecule is CCc1cnc(NC2CCC(O)CC2)c(F)c1. The maximum Gasteiger partial charge on any atom is 0.165 e. The van der Waals surface area contributed by atoms with Gasteiger partial charge < -0.3 is 10.4 Å². The number of aromatic nitrogens is 1. The molecule has 0 atom stereocenters. The second kappa shape index (κ2) is 5.45. The third-order valence-corrected chi connectivity index (χ3v) is 3.34. The highest BCUT2D eigenvalue weighted by atomic mass is 19.1. The van der Waals surface area contributed by atoms with Gasteiger partial charge in [-0.1, -0.05) is 6.92 Å². The number of aliphatic hydroxyl groups excluding tert-OH is 1. The molecular formula is C13H19FN2O. The number of pyridine rings is 1. The number of halogens is 1. The van der Waals surface area contributed by atoms with E-state index in [1.807, 2.05) is 6.92 Å². The van der Waals surface area contributed by atoms with Crippen molar-refractivity contribution in [1.29, 1.82) is 0 Å². The van der Waals surface area contributed by atoms with Crippen LogP contribution in [0.2, 0.25) is 0 Å². The number of nitrogens with zero attached hydrogens (tertiary/aromatic N) is 1. The number of aliphatic hydroxyl groups is 1. The molecule has 17 heavy (non-hydrogen) atoms. The fourth-order valence-corrected chi connectivity index (χ4v) is 2.19. The van der Waals surface area contributed by atoms with E-state index in [2.05, 4.69) is 10.3 Å². The molecule has 0 bridgehead atoms. The van der Waals surface area contributed by atoms with E-state index in [4.69, 9.17) is 0 Å². The minimum atomic E-state index is -0.282.